The Hall–Kier alpha value is -0.160. The van der Waals surface area contributed by atoms with E-state index in [9.17, 15) is 0 Å². The van der Waals surface area contributed by atoms with E-state index in [1.165, 1.54) is 0 Å². The van der Waals surface area contributed by atoms with Crippen molar-refractivity contribution in [1.29, 1.82) is 0 Å². The van der Waals surface area contributed by atoms with E-state index in [0.29, 0.717) is 19.3 Å². The molecule has 1 radical (unpaired) electrons. The number of hydrogen-bond donors (Lipinski definition) is 2. The van der Waals surface area contributed by atoms with Crippen LogP contribution in [0, 0.1) is 0 Å². The van der Waals surface area contributed by atoms with Crippen molar-refractivity contribution in [1.82, 2.24) is 10.6 Å². The summed E-state index contributed by atoms with van der Waals surface area (Å²) >= 11 is 0. The highest BCUT2D eigenvalue weighted by molar-refractivity contribution is 4.74. The summed E-state index contributed by atoms with van der Waals surface area (Å²) in [5.74, 6) is 0. The summed E-state index contributed by atoms with van der Waals surface area (Å²) in [5.41, 5.74) is 0. The molecule has 1 saturated heterocycles. The summed E-state index contributed by atoms with van der Waals surface area (Å²) in [7, 11) is 0. The summed E-state index contributed by atoms with van der Waals surface area (Å²) in [6.07, 6.45) is 0.965. The molecule has 0 bridgehead atoms. The first-order chi connectivity index (χ1) is 5.93. The molecule has 4 nitrogen and oxygen atoms in total. The van der Waals surface area contributed by atoms with Crippen LogP contribution >= 0.6 is 0 Å². The Morgan fingerprint density at radius 1 is 1.50 bits per heavy atom. The van der Waals surface area contributed by atoms with Gasteiger partial charge in [-0.05, 0) is 6.42 Å². The van der Waals surface area contributed by atoms with Gasteiger partial charge in [-0.1, -0.05) is 0 Å². The zero-order valence-corrected chi connectivity index (χ0v) is 7.33. The van der Waals surface area contributed by atoms with Crippen LogP contribution in [0.25, 0.3) is 0 Å². The zero-order valence-electron chi connectivity index (χ0n) is 7.33. The first kappa shape index (κ1) is 9.92. The monoisotopic (exact) mass is 173 g/mol. The molecular weight excluding hydrogens is 156 g/mol. The smallest absolute Gasteiger partial charge is 0.0697 e. The van der Waals surface area contributed by atoms with Crippen LogP contribution in [0.15, 0.2) is 0 Å². The highest BCUT2D eigenvalue weighted by Crippen LogP contribution is 1.96. The molecule has 1 atom stereocenters. The predicted octanol–water partition coefficient (Wildman–Crippen LogP) is -1.04. The molecule has 1 heterocycles. The molecule has 1 aliphatic rings. The average Bonchev–Trinajstić information content (AvgIpc) is 2.14. The normalized spacial score (nSPS) is 24.2. The molecule has 4 heteroatoms. The lowest BCUT2D eigenvalue weighted by Gasteiger charge is -2.22. The van der Waals surface area contributed by atoms with Crippen molar-refractivity contribution in [2.45, 2.75) is 12.5 Å². The number of rotatable bonds is 5. The Kier molecular flexibility index (Phi) is 5.27. The summed E-state index contributed by atoms with van der Waals surface area (Å²) in [6, 6.07) is 0.414. The lowest BCUT2D eigenvalue weighted by molar-refractivity contribution is 0.0846. The van der Waals surface area contributed by atoms with Crippen molar-refractivity contribution in [3.63, 3.8) is 0 Å². The maximum Gasteiger partial charge on any atom is 0.0697 e. The molecule has 1 fully saturated rings. The van der Waals surface area contributed by atoms with Gasteiger partial charge in [0.05, 0.1) is 13.2 Å². The molecule has 2 N–H and O–H groups in total. The second kappa shape index (κ2) is 6.37. The molecule has 0 aromatic heterocycles. The minimum absolute atomic E-state index is 0.111. The van der Waals surface area contributed by atoms with Gasteiger partial charge in [0, 0.05) is 32.3 Å². The lowest BCUT2D eigenvalue weighted by atomic mass is 10.2. The van der Waals surface area contributed by atoms with E-state index in [0.717, 1.165) is 26.1 Å². The fraction of sp³-hybridized carbons (Fsp3) is 1.00. The van der Waals surface area contributed by atoms with Gasteiger partial charge in [0.2, 0.25) is 0 Å². The summed E-state index contributed by atoms with van der Waals surface area (Å²) in [4.78, 5) is 0. The van der Waals surface area contributed by atoms with Crippen molar-refractivity contribution in [3.05, 3.63) is 0 Å². The fourth-order valence-corrected chi connectivity index (χ4v) is 1.24. The van der Waals surface area contributed by atoms with Gasteiger partial charge in [-0.3, -0.25) is 0 Å². The van der Waals surface area contributed by atoms with E-state index in [4.69, 9.17) is 9.84 Å². The number of nitrogens with zero attached hydrogens (tertiary/aromatic N) is 1. The Morgan fingerprint density at radius 2 is 2.42 bits per heavy atom. The van der Waals surface area contributed by atoms with Gasteiger partial charge in [0.1, 0.15) is 0 Å². The Morgan fingerprint density at radius 3 is 3.08 bits per heavy atom. The van der Waals surface area contributed by atoms with Gasteiger partial charge in [-0.2, -0.15) is 0 Å². The van der Waals surface area contributed by atoms with E-state index in [2.05, 4.69) is 10.6 Å². The van der Waals surface area contributed by atoms with Crippen LogP contribution in [-0.4, -0.2) is 50.6 Å². The van der Waals surface area contributed by atoms with Gasteiger partial charge < -0.3 is 15.2 Å². The summed E-state index contributed by atoms with van der Waals surface area (Å²) in [6.45, 7) is 4.16. The number of nitrogens with one attached hydrogen (secondary N) is 1. The second-order valence-corrected chi connectivity index (χ2v) is 2.89. The second-order valence-electron chi connectivity index (χ2n) is 2.89. The van der Waals surface area contributed by atoms with E-state index in [-0.39, 0.29) is 6.61 Å². The van der Waals surface area contributed by atoms with Crippen molar-refractivity contribution in [2.75, 3.05) is 39.5 Å². The van der Waals surface area contributed by atoms with Gasteiger partial charge in [-0.15, -0.1) is 0 Å². The van der Waals surface area contributed by atoms with Gasteiger partial charge in [0.15, 0.2) is 0 Å². The van der Waals surface area contributed by atoms with Crippen molar-refractivity contribution in [2.24, 2.45) is 0 Å². The number of ether oxygens (including phenoxy) is 1. The van der Waals surface area contributed by atoms with Crippen LogP contribution in [-0.2, 0) is 4.74 Å². The number of aliphatic hydroxyl groups is 1. The highest BCUT2D eigenvalue weighted by Gasteiger charge is 2.12. The Balaban J connectivity index is 1.91. The molecule has 12 heavy (non-hydrogen) atoms. The maximum absolute atomic E-state index is 8.44. The quantitative estimate of drug-likeness (QED) is 0.522. The molecule has 0 amide bonds. The van der Waals surface area contributed by atoms with Crippen LogP contribution in [0.5, 0.6) is 0 Å². The fourth-order valence-electron chi connectivity index (χ4n) is 1.24. The van der Waals surface area contributed by atoms with Crippen molar-refractivity contribution in [3.8, 4) is 0 Å². The Bertz CT molecular complexity index is 105. The molecule has 0 aromatic rings. The largest absolute Gasteiger partial charge is 0.394 e. The van der Waals surface area contributed by atoms with E-state index >= 15 is 0 Å². The summed E-state index contributed by atoms with van der Waals surface area (Å²) < 4.78 is 5.15. The highest BCUT2D eigenvalue weighted by atomic mass is 16.5. The molecule has 0 spiro atoms. The first-order valence-corrected chi connectivity index (χ1v) is 4.49. The van der Waals surface area contributed by atoms with Crippen molar-refractivity contribution < 1.29 is 9.84 Å². The molecule has 1 rings (SSSR count). The molecule has 71 valence electrons. The van der Waals surface area contributed by atoms with E-state index in [1.807, 2.05) is 0 Å². The third kappa shape index (κ3) is 4.01. The predicted molar refractivity (Wildman–Crippen MR) is 46.2 cm³/mol. The molecule has 0 aliphatic carbocycles. The molecule has 1 unspecified atom stereocenters. The third-order valence-electron chi connectivity index (χ3n) is 1.89. The molecule has 0 saturated carbocycles. The van der Waals surface area contributed by atoms with Crippen LogP contribution < -0.4 is 10.6 Å². The molecule has 1 aliphatic heterocycles. The van der Waals surface area contributed by atoms with Gasteiger partial charge in [0.25, 0.3) is 0 Å². The van der Waals surface area contributed by atoms with Gasteiger partial charge in [-0.25, -0.2) is 5.32 Å². The zero-order chi connectivity index (χ0) is 8.65. The van der Waals surface area contributed by atoms with E-state index < -0.39 is 0 Å². The SMILES string of the molecule is OCCOCCC1CNCC[N]1. The third-order valence-corrected chi connectivity index (χ3v) is 1.89. The molecule has 0 aromatic carbocycles. The van der Waals surface area contributed by atoms with Crippen LogP contribution in [0.3, 0.4) is 0 Å². The lowest BCUT2D eigenvalue weighted by Crippen LogP contribution is -2.44. The van der Waals surface area contributed by atoms with Crippen LogP contribution in [0.4, 0.5) is 0 Å². The van der Waals surface area contributed by atoms with E-state index in [1.54, 1.807) is 0 Å². The van der Waals surface area contributed by atoms with Gasteiger partial charge >= 0.3 is 0 Å². The Labute approximate surface area is 73.3 Å². The number of piperazine rings is 1. The number of hydrogen-bond acceptors (Lipinski definition) is 3. The average molecular weight is 173 g/mol. The van der Waals surface area contributed by atoms with Crippen LogP contribution in [0.1, 0.15) is 6.42 Å². The minimum Gasteiger partial charge on any atom is -0.394 e. The topological polar surface area (TPSA) is 55.6 Å². The molecular formula is C8H17N2O2. The van der Waals surface area contributed by atoms with Crippen LogP contribution in [0.2, 0.25) is 0 Å². The first-order valence-electron chi connectivity index (χ1n) is 4.49. The van der Waals surface area contributed by atoms with Crippen molar-refractivity contribution >= 4 is 0 Å². The number of aliphatic hydroxyl groups excluding tert-OH is 1. The summed E-state index contributed by atoms with van der Waals surface area (Å²) in [5, 5.41) is 16.1. The minimum atomic E-state index is 0.111. The maximum atomic E-state index is 8.44. The standard InChI is InChI=1S/C8H17N2O2/c11-4-6-12-5-1-8-7-9-2-3-10-8/h8-9,11H,1-7H2.